The van der Waals surface area contributed by atoms with Crippen LogP contribution in [0.5, 0.6) is 0 Å². The van der Waals surface area contributed by atoms with Gasteiger partial charge in [0.05, 0.1) is 0 Å². The SMILES string of the molecule is O=C(CCCCCC(=O)C1(C(F)(F)F)C=CC=CC1)C(F)(F)F. The molecule has 23 heavy (non-hydrogen) atoms. The fraction of sp³-hybridized carbons (Fsp3) is 0.600. The molecule has 0 radical (unpaired) electrons. The van der Waals surface area contributed by atoms with Crippen LogP contribution in [0.15, 0.2) is 24.3 Å². The van der Waals surface area contributed by atoms with E-state index in [9.17, 15) is 35.9 Å². The van der Waals surface area contributed by atoms with Crippen LogP contribution in [0.4, 0.5) is 26.3 Å². The number of ketones is 2. The van der Waals surface area contributed by atoms with Crippen molar-refractivity contribution in [3.63, 3.8) is 0 Å². The molecule has 0 aromatic heterocycles. The van der Waals surface area contributed by atoms with Gasteiger partial charge in [0, 0.05) is 12.8 Å². The van der Waals surface area contributed by atoms with Crippen molar-refractivity contribution in [2.45, 2.75) is 50.9 Å². The number of carbonyl (C=O) groups excluding carboxylic acids is 2. The lowest BCUT2D eigenvalue weighted by Crippen LogP contribution is -2.43. The Morgan fingerprint density at radius 2 is 1.52 bits per heavy atom. The molecule has 1 rings (SSSR count). The third-order valence-corrected chi connectivity index (χ3v) is 3.70. The molecule has 2 nitrogen and oxygen atoms in total. The molecule has 1 unspecified atom stereocenters. The van der Waals surface area contributed by atoms with Crippen LogP contribution < -0.4 is 0 Å². The standard InChI is InChI=1S/C15H16F6O2/c16-14(17,18)12(23)8-4-1-3-7-11(22)13(15(19,20)21)9-5-2-6-10-13/h2,5-6,9H,1,3-4,7-8,10H2. The molecule has 0 bridgehead atoms. The van der Waals surface area contributed by atoms with Crippen LogP contribution in [0.3, 0.4) is 0 Å². The number of allylic oxidation sites excluding steroid dienone is 4. The summed E-state index contributed by atoms with van der Waals surface area (Å²) >= 11 is 0. The van der Waals surface area contributed by atoms with Gasteiger partial charge in [0.25, 0.3) is 0 Å². The topological polar surface area (TPSA) is 34.1 Å². The Hall–Kier alpha value is -1.60. The summed E-state index contributed by atoms with van der Waals surface area (Å²) < 4.78 is 75.5. The van der Waals surface area contributed by atoms with Gasteiger partial charge in [-0.3, -0.25) is 9.59 Å². The highest BCUT2D eigenvalue weighted by Gasteiger charge is 2.57. The molecule has 0 amide bonds. The van der Waals surface area contributed by atoms with E-state index in [-0.39, 0.29) is 19.3 Å². The van der Waals surface area contributed by atoms with E-state index in [1.54, 1.807) is 0 Å². The van der Waals surface area contributed by atoms with Crippen LogP contribution in [-0.2, 0) is 9.59 Å². The minimum Gasteiger partial charge on any atom is -0.298 e. The van der Waals surface area contributed by atoms with Crippen molar-refractivity contribution in [3.05, 3.63) is 24.3 Å². The van der Waals surface area contributed by atoms with Crippen LogP contribution >= 0.6 is 0 Å². The zero-order valence-electron chi connectivity index (χ0n) is 12.1. The molecule has 1 aliphatic rings. The molecule has 130 valence electrons. The Balaban J connectivity index is 2.48. The largest absolute Gasteiger partial charge is 0.449 e. The Morgan fingerprint density at radius 3 is 2.00 bits per heavy atom. The molecule has 0 spiro atoms. The van der Waals surface area contributed by atoms with Crippen LogP contribution in [0.1, 0.15) is 38.5 Å². The molecule has 1 atom stereocenters. The van der Waals surface area contributed by atoms with Crippen LogP contribution in [-0.4, -0.2) is 23.9 Å². The fourth-order valence-electron chi connectivity index (χ4n) is 2.31. The first-order valence-electron chi connectivity index (χ1n) is 7.05. The molecule has 0 saturated heterocycles. The maximum Gasteiger partial charge on any atom is 0.449 e. The number of Topliss-reactive ketones (excluding diaryl/α,β-unsaturated/α-hetero) is 2. The third kappa shape index (κ3) is 4.94. The Morgan fingerprint density at radius 1 is 0.913 bits per heavy atom. The third-order valence-electron chi connectivity index (χ3n) is 3.70. The van der Waals surface area contributed by atoms with Gasteiger partial charge < -0.3 is 0 Å². The van der Waals surface area contributed by atoms with Crippen molar-refractivity contribution in [1.29, 1.82) is 0 Å². The molecular weight excluding hydrogens is 326 g/mol. The summed E-state index contributed by atoms with van der Waals surface area (Å²) in [5.41, 5.74) is -2.55. The van der Waals surface area contributed by atoms with Gasteiger partial charge in [0.15, 0.2) is 5.78 Å². The van der Waals surface area contributed by atoms with Gasteiger partial charge in [0.2, 0.25) is 5.78 Å². The molecule has 1 aliphatic carbocycles. The van der Waals surface area contributed by atoms with Crippen molar-refractivity contribution in [1.82, 2.24) is 0 Å². The lowest BCUT2D eigenvalue weighted by Gasteiger charge is -2.32. The fourth-order valence-corrected chi connectivity index (χ4v) is 2.31. The van der Waals surface area contributed by atoms with Gasteiger partial charge in [-0.25, -0.2) is 0 Å². The second-order valence-corrected chi connectivity index (χ2v) is 5.37. The number of rotatable bonds is 7. The van der Waals surface area contributed by atoms with E-state index in [2.05, 4.69) is 0 Å². The van der Waals surface area contributed by atoms with Crippen molar-refractivity contribution < 1.29 is 35.9 Å². The summed E-state index contributed by atoms with van der Waals surface area (Å²) in [4.78, 5) is 22.6. The van der Waals surface area contributed by atoms with E-state index in [0.29, 0.717) is 0 Å². The molecule has 0 N–H and O–H groups in total. The number of alkyl halides is 6. The average Bonchev–Trinajstić information content (AvgIpc) is 2.45. The molecule has 0 fully saturated rings. The Labute approximate surface area is 129 Å². The van der Waals surface area contributed by atoms with Gasteiger partial charge in [-0.05, 0) is 19.3 Å². The maximum absolute atomic E-state index is 13.2. The maximum atomic E-state index is 13.2. The molecule has 0 aromatic rings. The van der Waals surface area contributed by atoms with Gasteiger partial charge in [0.1, 0.15) is 5.41 Å². The van der Waals surface area contributed by atoms with Crippen molar-refractivity contribution in [2.75, 3.05) is 0 Å². The Kier molecular flexibility index (Phi) is 6.18. The summed E-state index contributed by atoms with van der Waals surface area (Å²) in [6.45, 7) is 0. The summed E-state index contributed by atoms with van der Waals surface area (Å²) in [6.07, 6.45) is -6.55. The minimum atomic E-state index is -4.89. The molecule has 0 aliphatic heterocycles. The van der Waals surface area contributed by atoms with E-state index in [1.807, 2.05) is 0 Å². The quantitative estimate of drug-likeness (QED) is 0.496. The van der Waals surface area contributed by atoms with E-state index >= 15 is 0 Å². The van der Waals surface area contributed by atoms with Gasteiger partial charge in [-0.2, -0.15) is 26.3 Å². The first kappa shape index (κ1) is 19.4. The van der Waals surface area contributed by atoms with Crippen molar-refractivity contribution >= 4 is 11.6 Å². The van der Waals surface area contributed by atoms with E-state index in [4.69, 9.17) is 0 Å². The smallest absolute Gasteiger partial charge is 0.298 e. The van der Waals surface area contributed by atoms with Crippen molar-refractivity contribution in [2.24, 2.45) is 5.41 Å². The Bertz CT molecular complexity index is 501. The first-order valence-corrected chi connectivity index (χ1v) is 7.05. The highest BCUT2D eigenvalue weighted by atomic mass is 19.4. The lowest BCUT2D eigenvalue weighted by molar-refractivity contribution is -0.205. The monoisotopic (exact) mass is 342 g/mol. The number of hydrogen-bond acceptors (Lipinski definition) is 2. The second-order valence-electron chi connectivity index (χ2n) is 5.37. The van der Waals surface area contributed by atoms with Crippen molar-refractivity contribution in [3.8, 4) is 0 Å². The average molecular weight is 342 g/mol. The van der Waals surface area contributed by atoms with E-state index in [0.717, 1.165) is 12.2 Å². The van der Waals surface area contributed by atoms with Crippen LogP contribution in [0, 0.1) is 5.41 Å². The number of halogens is 6. The predicted octanol–water partition coefficient (Wildman–Crippen LogP) is 4.70. The van der Waals surface area contributed by atoms with Gasteiger partial charge >= 0.3 is 12.4 Å². The zero-order valence-corrected chi connectivity index (χ0v) is 12.1. The molecule has 0 heterocycles. The summed E-state index contributed by atoms with van der Waals surface area (Å²) in [6, 6.07) is 0. The summed E-state index contributed by atoms with van der Waals surface area (Å²) in [5, 5.41) is 0. The predicted molar refractivity (Wildman–Crippen MR) is 70.5 cm³/mol. The second kappa shape index (κ2) is 7.31. The summed E-state index contributed by atoms with van der Waals surface area (Å²) in [7, 11) is 0. The van der Waals surface area contributed by atoms with Gasteiger partial charge in [-0.1, -0.05) is 30.7 Å². The van der Waals surface area contributed by atoms with E-state index in [1.165, 1.54) is 12.2 Å². The molecule has 8 heteroatoms. The highest BCUT2D eigenvalue weighted by Crippen LogP contribution is 2.46. The lowest BCUT2D eigenvalue weighted by atomic mass is 9.75. The molecule has 0 aromatic carbocycles. The summed E-state index contributed by atoms with van der Waals surface area (Å²) in [5.74, 6) is -2.87. The molecular formula is C15H16F6O2. The van der Waals surface area contributed by atoms with Crippen LogP contribution in [0.2, 0.25) is 0 Å². The number of unbranched alkanes of at least 4 members (excludes halogenated alkanes) is 2. The van der Waals surface area contributed by atoms with E-state index < -0.39 is 48.6 Å². The van der Waals surface area contributed by atoms with Gasteiger partial charge in [-0.15, -0.1) is 0 Å². The number of carbonyl (C=O) groups is 2. The number of hydrogen-bond donors (Lipinski definition) is 0. The molecule has 0 saturated carbocycles. The minimum absolute atomic E-state index is 0.0132. The van der Waals surface area contributed by atoms with Crippen LogP contribution in [0.25, 0.3) is 0 Å². The first-order chi connectivity index (χ1) is 10.5. The zero-order chi connectivity index (χ0) is 17.7. The normalized spacial score (nSPS) is 21.5. The highest BCUT2D eigenvalue weighted by molar-refractivity contribution is 5.88.